The lowest BCUT2D eigenvalue weighted by molar-refractivity contribution is -0.141. The summed E-state index contributed by atoms with van der Waals surface area (Å²) in [7, 11) is 0. The van der Waals surface area contributed by atoms with Gasteiger partial charge in [0.1, 0.15) is 11.9 Å². The molecule has 23 heavy (non-hydrogen) atoms. The van der Waals surface area contributed by atoms with Crippen LogP contribution in [0.1, 0.15) is 24.4 Å². The second-order valence-electron chi connectivity index (χ2n) is 5.15. The van der Waals surface area contributed by atoms with Gasteiger partial charge in [-0.15, -0.1) is 0 Å². The molecule has 0 amide bonds. The van der Waals surface area contributed by atoms with Crippen molar-refractivity contribution < 1.29 is 17.9 Å². The molecule has 1 aliphatic heterocycles. The highest BCUT2D eigenvalue weighted by Crippen LogP contribution is 2.28. The van der Waals surface area contributed by atoms with Crippen molar-refractivity contribution in [2.75, 3.05) is 18.0 Å². The SMILES string of the molecule is Cc1nsc(N2CCC(Oc3nccc(C(F)(F)F)n3)CC2)n1. The molecule has 10 heteroatoms. The Kier molecular flexibility index (Phi) is 4.33. The molecule has 124 valence electrons. The number of halogens is 3. The predicted molar refractivity (Wildman–Crippen MR) is 77.5 cm³/mol. The second-order valence-corrected chi connectivity index (χ2v) is 5.88. The highest BCUT2D eigenvalue weighted by Gasteiger charge is 2.33. The largest absolute Gasteiger partial charge is 0.460 e. The molecule has 1 saturated heterocycles. The molecule has 0 radical (unpaired) electrons. The maximum Gasteiger partial charge on any atom is 0.433 e. The van der Waals surface area contributed by atoms with E-state index in [0.29, 0.717) is 25.9 Å². The van der Waals surface area contributed by atoms with Crippen molar-refractivity contribution in [2.24, 2.45) is 0 Å². The fourth-order valence-electron chi connectivity index (χ4n) is 2.28. The Hall–Kier alpha value is -1.97. The minimum absolute atomic E-state index is 0.205. The van der Waals surface area contributed by atoms with Crippen LogP contribution >= 0.6 is 11.5 Å². The molecule has 0 spiro atoms. The van der Waals surface area contributed by atoms with Crippen LogP contribution in [0.2, 0.25) is 0 Å². The monoisotopic (exact) mass is 345 g/mol. The summed E-state index contributed by atoms with van der Waals surface area (Å²) in [5, 5.41) is 0.858. The number of hydrogen-bond acceptors (Lipinski definition) is 7. The molecular weight excluding hydrogens is 331 g/mol. The van der Waals surface area contributed by atoms with Crippen molar-refractivity contribution >= 4 is 16.7 Å². The topological polar surface area (TPSA) is 64.0 Å². The third kappa shape index (κ3) is 3.87. The molecule has 0 unspecified atom stereocenters. The zero-order chi connectivity index (χ0) is 16.4. The fraction of sp³-hybridized carbons (Fsp3) is 0.538. The normalized spacial score (nSPS) is 16.6. The second kappa shape index (κ2) is 6.26. The molecule has 0 atom stereocenters. The van der Waals surface area contributed by atoms with Crippen molar-refractivity contribution in [1.82, 2.24) is 19.3 Å². The lowest BCUT2D eigenvalue weighted by Crippen LogP contribution is -2.38. The highest BCUT2D eigenvalue weighted by atomic mass is 32.1. The molecular formula is C13H14F3N5OS. The van der Waals surface area contributed by atoms with E-state index in [4.69, 9.17) is 4.74 Å². The number of anilines is 1. The first kappa shape index (κ1) is 15.9. The molecule has 2 aromatic heterocycles. The summed E-state index contributed by atoms with van der Waals surface area (Å²) in [6, 6.07) is 0.595. The van der Waals surface area contributed by atoms with Gasteiger partial charge in [0.2, 0.25) is 5.13 Å². The lowest BCUT2D eigenvalue weighted by atomic mass is 10.1. The van der Waals surface area contributed by atoms with Crippen LogP contribution in [0.5, 0.6) is 6.01 Å². The zero-order valence-electron chi connectivity index (χ0n) is 12.2. The highest BCUT2D eigenvalue weighted by molar-refractivity contribution is 7.09. The Bertz CT molecular complexity index is 670. The molecule has 0 saturated carbocycles. The fourth-order valence-corrected chi connectivity index (χ4v) is 3.01. The van der Waals surface area contributed by atoms with Crippen molar-refractivity contribution in [2.45, 2.75) is 32.0 Å². The van der Waals surface area contributed by atoms with Crippen LogP contribution in [0.25, 0.3) is 0 Å². The van der Waals surface area contributed by atoms with Crippen LogP contribution in [-0.4, -0.2) is 38.5 Å². The molecule has 3 rings (SSSR count). The Labute approximate surface area is 134 Å². The summed E-state index contributed by atoms with van der Waals surface area (Å²) in [5.41, 5.74) is -0.996. The summed E-state index contributed by atoms with van der Waals surface area (Å²) in [6.07, 6.45) is -2.32. The summed E-state index contributed by atoms with van der Waals surface area (Å²) in [4.78, 5) is 13.6. The quantitative estimate of drug-likeness (QED) is 0.852. The zero-order valence-corrected chi connectivity index (χ0v) is 13.1. The minimum Gasteiger partial charge on any atom is -0.460 e. The number of aromatic nitrogens is 4. The molecule has 0 aromatic carbocycles. The van der Waals surface area contributed by atoms with Crippen molar-refractivity contribution in [3.05, 3.63) is 23.8 Å². The first-order valence-electron chi connectivity index (χ1n) is 7.04. The Morgan fingerprint density at radius 2 is 2.00 bits per heavy atom. The maximum absolute atomic E-state index is 12.6. The average molecular weight is 345 g/mol. The van der Waals surface area contributed by atoms with Crippen LogP contribution in [0, 0.1) is 6.92 Å². The van der Waals surface area contributed by atoms with E-state index in [-0.39, 0.29) is 12.1 Å². The van der Waals surface area contributed by atoms with Gasteiger partial charge in [-0.25, -0.2) is 9.97 Å². The van der Waals surface area contributed by atoms with Gasteiger partial charge < -0.3 is 9.64 Å². The minimum atomic E-state index is -4.50. The third-order valence-corrected chi connectivity index (χ3v) is 4.29. The molecule has 0 bridgehead atoms. The lowest BCUT2D eigenvalue weighted by Gasteiger charge is -2.31. The number of aryl methyl sites for hydroxylation is 1. The standard InChI is InChI=1S/C13H14F3N5OS/c1-8-18-12(23-20-8)21-6-3-9(4-7-21)22-11-17-5-2-10(19-11)13(14,15)16/h2,5,9H,3-4,6-7H2,1H3. The van der Waals surface area contributed by atoms with Gasteiger partial charge in [-0.1, -0.05) is 0 Å². The van der Waals surface area contributed by atoms with Crippen molar-refractivity contribution in [3.63, 3.8) is 0 Å². The molecule has 1 fully saturated rings. The predicted octanol–water partition coefficient (Wildman–Crippen LogP) is 2.70. The van der Waals surface area contributed by atoms with E-state index in [1.807, 2.05) is 6.92 Å². The molecule has 0 aliphatic carbocycles. The van der Waals surface area contributed by atoms with Crippen LogP contribution < -0.4 is 9.64 Å². The number of ether oxygens (including phenoxy) is 1. The first-order valence-corrected chi connectivity index (χ1v) is 7.81. The van der Waals surface area contributed by atoms with Gasteiger partial charge >= 0.3 is 12.2 Å². The van der Waals surface area contributed by atoms with Crippen molar-refractivity contribution in [1.29, 1.82) is 0 Å². The Morgan fingerprint density at radius 1 is 1.26 bits per heavy atom. The van der Waals surface area contributed by atoms with E-state index in [1.165, 1.54) is 11.5 Å². The van der Waals surface area contributed by atoms with Crippen molar-refractivity contribution in [3.8, 4) is 6.01 Å². The summed E-state index contributed by atoms with van der Waals surface area (Å²) < 4.78 is 47.5. The van der Waals surface area contributed by atoms with Gasteiger partial charge in [0.15, 0.2) is 5.69 Å². The van der Waals surface area contributed by atoms with E-state index in [2.05, 4.69) is 24.2 Å². The third-order valence-electron chi connectivity index (χ3n) is 3.43. The maximum atomic E-state index is 12.6. The smallest absolute Gasteiger partial charge is 0.433 e. The molecule has 3 heterocycles. The molecule has 6 nitrogen and oxygen atoms in total. The van der Waals surface area contributed by atoms with Gasteiger partial charge in [-0.3, -0.25) is 0 Å². The first-order chi connectivity index (χ1) is 10.9. The van der Waals surface area contributed by atoms with Gasteiger partial charge in [0, 0.05) is 43.7 Å². The van der Waals surface area contributed by atoms with Gasteiger partial charge in [-0.2, -0.15) is 22.5 Å². The van der Waals surface area contributed by atoms with Crippen LogP contribution in [0.4, 0.5) is 18.3 Å². The molecule has 0 N–H and O–H groups in total. The number of nitrogens with zero attached hydrogens (tertiary/aromatic N) is 5. The van der Waals surface area contributed by atoms with E-state index in [0.717, 1.165) is 23.2 Å². The number of piperidine rings is 1. The van der Waals surface area contributed by atoms with E-state index in [1.54, 1.807) is 0 Å². The van der Waals surface area contributed by atoms with Gasteiger partial charge in [0.05, 0.1) is 0 Å². The molecule has 2 aromatic rings. The number of rotatable bonds is 3. The van der Waals surface area contributed by atoms with Gasteiger partial charge in [0.25, 0.3) is 0 Å². The summed E-state index contributed by atoms with van der Waals surface area (Å²) in [6.45, 7) is 3.25. The van der Waals surface area contributed by atoms with Crippen LogP contribution in [0.3, 0.4) is 0 Å². The van der Waals surface area contributed by atoms with Crippen LogP contribution in [-0.2, 0) is 6.18 Å². The van der Waals surface area contributed by atoms with E-state index in [9.17, 15) is 13.2 Å². The van der Waals surface area contributed by atoms with Crippen LogP contribution in [0.15, 0.2) is 12.3 Å². The number of hydrogen-bond donors (Lipinski definition) is 0. The van der Waals surface area contributed by atoms with E-state index < -0.39 is 11.9 Å². The Morgan fingerprint density at radius 3 is 2.61 bits per heavy atom. The van der Waals surface area contributed by atoms with E-state index >= 15 is 0 Å². The average Bonchev–Trinajstić information content (AvgIpc) is 2.94. The summed E-state index contributed by atoms with van der Waals surface area (Å²) >= 11 is 1.34. The molecule has 1 aliphatic rings. The number of alkyl halides is 3. The van der Waals surface area contributed by atoms with Gasteiger partial charge in [-0.05, 0) is 13.0 Å². The Balaban J connectivity index is 1.59. The summed E-state index contributed by atoms with van der Waals surface area (Å²) in [5.74, 6) is 0.737.